The molecule has 5 rings (SSSR count). The van der Waals surface area contributed by atoms with Crippen molar-refractivity contribution in [2.24, 2.45) is 5.10 Å². The summed E-state index contributed by atoms with van der Waals surface area (Å²) < 4.78 is 2.00. The molecule has 0 atom stereocenters. The van der Waals surface area contributed by atoms with E-state index in [4.69, 9.17) is 33.9 Å². The van der Waals surface area contributed by atoms with E-state index in [1.165, 1.54) is 0 Å². The third-order valence-corrected chi connectivity index (χ3v) is 6.11. The molecular weight excluding hydrogens is 439 g/mol. The van der Waals surface area contributed by atoms with Crippen LogP contribution in [0.4, 0.5) is 11.5 Å². The zero-order valence-electron chi connectivity index (χ0n) is 16.4. The van der Waals surface area contributed by atoms with Gasteiger partial charge in [-0.15, -0.1) is 10.6 Å². The van der Waals surface area contributed by atoms with Gasteiger partial charge >= 0.3 is 0 Å². The molecule has 10 nitrogen and oxygen atoms in total. The van der Waals surface area contributed by atoms with Crippen molar-refractivity contribution in [3.05, 3.63) is 52.5 Å². The highest BCUT2D eigenvalue weighted by Gasteiger charge is 2.27. The van der Waals surface area contributed by atoms with Gasteiger partial charge in [0.1, 0.15) is 0 Å². The summed E-state index contributed by atoms with van der Waals surface area (Å²) in [5, 5.41) is 14.6. The summed E-state index contributed by atoms with van der Waals surface area (Å²) >= 11 is 12.6. The molecule has 160 valence electrons. The Bertz CT molecular complexity index is 1140. The smallest absolute Gasteiger partial charge is 0.200 e. The lowest BCUT2D eigenvalue weighted by molar-refractivity contribution is 0.343. The first-order chi connectivity index (χ1) is 15.1. The second-order valence-electron chi connectivity index (χ2n) is 7.25. The van der Waals surface area contributed by atoms with Gasteiger partial charge in [0.25, 0.3) is 0 Å². The SMILES string of the molecule is Nc1ncc(-c2cnn(C3CCNCC3)c2)nc1C1=NNNN1c1cccc(Cl)c1Cl. The number of aromatic nitrogens is 4. The first-order valence-corrected chi connectivity index (χ1v) is 10.6. The monoisotopic (exact) mass is 458 g/mol. The second-order valence-corrected chi connectivity index (χ2v) is 8.03. The van der Waals surface area contributed by atoms with Crippen molar-refractivity contribution >= 4 is 40.5 Å². The maximum absolute atomic E-state index is 6.39. The zero-order chi connectivity index (χ0) is 21.4. The summed E-state index contributed by atoms with van der Waals surface area (Å²) in [5.41, 5.74) is 14.3. The molecule has 0 amide bonds. The number of hydrazone groups is 1. The minimum Gasteiger partial charge on any atom is -0.382 e. The van der Waals surface area contributed by atoms with Crippen LogP contribution in [-0.4, -0.2) is 38.7 Å². The maximum Gasteiger partial charge on any atom is 0.200 e. The summed E-state index contributed by atoms with van der Waals surface area (Å²) in [6.45, 7) is 1.99. The molecule has 0 bridgehead atoms. The van der Waals surface area contributed by atoms with Crippen LogP contribution < -0.4 is 27.1 Å². The third-order valence-electron chi connectivity index (χ3n) is 5.30. The van der Waals surface area contributed by atoms with E-state index in [2.05, 4.69) is 31.6 Å². The second kappa shape index (κ2) is 8.31. The highest BCUT2D eigenvalue weighted by atomic mass is 35.5. The molecule has 12 heteroatoms. The Morgan fingerprint density at radius 3 is 2.81 bits per heavy atom. The molecule has 3 aromatic rings. The summed E-state index contributed by atoms with van der Waals surface area (Å²) in [7, 11) is 0. The van der Waals surface area contributed by atoms with E-state index in [1.54, 1.807) is 35.6 Å². The van der Waals surface area contributed by atoms with Gasteiger partial charge in [0.05, 0.1) is 39.9 Å². The molecule has 5 N–H and O–H groups in total. The number of amidine groups is 1. The van der Waals surface area contributed by atoms with E-state index in [-0.39, 0.29) is 5.82 Å². The number of nitrogens with one attached hydrogen (secondary N) is 3. The van der Waals surface area contributed by atoms with E-state index < -0.39 is 0 Å². The van der Waals surface area contributed by atoms with Crippen LogP contribution >= 0.6 is 23.2 Å². The van der Waals surface area contributed by atoms with Crippen molar-refractivity contribution in [2.75, 3.05) is 23.8 Å². The Hall–Kier alpha value is -2.92. The lowest BCUT2D eigenvalue weighted by Gasteiger charge is -2.22. The number of piperidine rings is 1. The molecule has 1 saturated heterocycles. The van der Waals surface area contributed by atoms with Crippen LogP contribution in [0.5, 0.6) is 0 Å². The number of nitrogen functional groups attached to an aromatic ring is 1. The lowest BCUT2D eigenvalue weighted by Crippen LogP contribution is -2.42. The minimum absolute atomic E-state index is 0.238. The average molecular weight is 459 g/mol. The number of halogens is 2. The van der Waals surface area contributed by atoms with Crippen LogP contribution in [0.1, 0.15) is 24.6 Å². The van der Waals surface area contributed by atoms with Crippen molar-refractivity contribution in [1.82, 2.24) is 36.1 Å². The van der Waals surface area contributed by atoms with Gasteiger partial charge in [-0.3, -0.25) is 4.68 Å². The first-order valence-electron chi connectivity index (χ1n) is 9.82. The van der Waals surface area contributed by atoms with Gasteiger partial charge < -0.3 is 11.1 Å². The Morgan fingerprint density at radius 1 is 1.13 bits per heavy atom. The van der Waals surface area contributed by atoms with Crippen LogP contribution in [0.2, 0.25) is 10.0 Å². The fraction of sp³-hybridized carbons (Fsp3) is 0.263. The van der Waals surface area contributed by atoms with E-state index in [9.17, 15) is 0 Å². The van der Waals surface area contributed by atoms with Gasteiger partial charge in [0.2, 0.25) is 0 Å². The third kappa shape index (κ3) is 3.79. The van der Waals surface area contributed by atoms with E-state index in [0.717, 1.165) is 31.5 Å². The van der Waals surface area contributed by atoms with E-state index in [0.29, 0.717) is 39.0 Å². The van der Waals surface area contributed by atoms with Gasteiger partial charge in [-0.1, -0.05) is 29.3 Å². The van der Waals surface area contributed by atoms with Crippen LogP contribution in [0.3, 0.4) is 0 Å². The Labute approximate surface area is 188 Å². The predicted molar refractivity (Wildman–Crippen MR) is 121 cm³/mol. The van der Waals surface area contributed by atoms with Gasteiger partial charge in [-0.05, 0) is 38.1 Å². The number of hydrogen-bond donors (Lipinski definition) is 4. The number of anilines is 2. The van der Waals surface area contributed by atoms with Gasteiger partial charge in [0.15, 0.2) is 17.3 Å². The number of nitrogens with two attached hydrogens (primary N) is 1. The summed E-state index contributed by atoms with van der Waals surface area (Å²) in [4.78, 5) is 9.07. The number of benzene rings is 1. The molecule has 0 saturated carbocycles. The van der Waals surface area contributed by atoms with Crippen molar-refractivity contribution in [1.29, 1.82) is 0 Å². The molecule has 4 heterocycles. The Balaban J connectivity index is 1.47. The first kappa shape index (κ1) is 20.0. The molecule has 0 spiro atoms. The topological polar surface area (TPSA) is 121 Å². The molecule has 2 aromatic heterocycles. The van der Waals surface area contributed by atoms with Crippen molar-refractivity contribution in [2.45, 2.75) is 18.9 Å². The quantitative estimate of drug-likeness (QED) is 0.469. The number of hydrogen-bond acceptors (Lipinski definition) is 9. The normalized spacial score (nSPS) is 17.0. The molecule has 2 aliphatic rings. The lowest BCUT2D eigenvalue weighted by atomic mass is 10.1. The fourth-order valence-corrected chi connectivity index (χ4v) is 4.05. The van der Waals surface area contributed by atoms with Gasteiger partial charge in [-0.2, -0.15) is 5.10 Å². The molecule has 31 heavy (non-hydrogen) atoms. The van der Waals surface area contributed by atoms with E-state index in [1.807, 2.05) is 10.9 Å². The van der Waals surface area contributed by atoms with E-state index >= 15 is 0 Å². The van der Waals surface area contributed by atoms with Gasteiger partial charge in [0, 0.05) is 11.8 Å². The number of rotatable bonds is 4. The fourth-order valence-electron chi connectivity index (χ4n) is 3.67. The standard InChI is InChI=1S/C19H20Cl2N10/c20-13-2-1-3-15(16(13)21)31-19(27-28-29-31)17-18(22)24-9-14(26-17)11-8-25-30(10-11)12-4-6-23-7-5-12/h1-3,8-10,12,23,28-29H,4-7H2,(H2,22,24). The van der Waals surface area contributed by atoms with Crippen LogP contribution in [-0.2, 0) is 0 Å². The molecule has 1 fully saturated rings. The summed E-state index contributed by atoms with van der Waals surface area (Å²) in [5.74, 6) is 0.656. The largest absolute Gasteiger partial charge is 0.382 e. The minimum atomic E-state index is 0.238. The van der Waals surface area contributed by atoms with Crippen LogP contribution in [0.15, 0.2) is 41.9 Å². The van der Waals surface area contributed by atoms with Crippen molar-refractivity contribution in [3.63, 3.8) is 0 Å². The molecular formula is C19H20Cl2N10. The molecule has 0 aliphatic carbocycles. The Morgan fingerprint density at radius 2 is 1.97 bits per heavy atom. The molecule has 0 unspecified atom stereocenters. The predicted octanol–water partition coefficient (Wildman–Crippen LogP) is 2.34. The van der Waals surface area contributed by atoms with Crippen LogP contribution in [0.25, 0.3) is 11.3 Å². The summed E-state index contributed by atoms with van der Waals surface area (Å²) in [6.07, 6.45) is 7.52. The number of nitrogens with zero attached hydrogens (tertiary/aromatic N) is 6. The molecule has 1 aromatic carbocycles. The summed E-state index contributed by atoms with van der Waals surface area (Å²) in [6, 6.07) is 5.69. The Kier molecular flexibility index (Phi) is 5.36. The average Bonchev–Trinajstić information content (AvgIpc) is 3.47. The zero-order valence-corrected chi connectivity index (χ0v) is 17.9. The highest BCUT2D eigenvalue weighted by Crippen LogP contribution is 2.33. The van der Waals surface area contributed by atoms with Crippen LogP contribution in [0, 0.1) is 0 Å². The molecule has 2 aliphatic heterocycles. The van der Waals surface area contributed by atoms with Crippen molar-refractivity contribution in [3.8, 4) is 11.3 Å². The van der Waals surface area contributed by atoms with Gasteiger partial charge in [-0.25, -0.2) is 20.5 Å². The van der Waals surface area contributed by atoms with Crippen molar-refractivity contribution < 1.29 is 0 Å². The number of hydrazine groups is 2. The maximum atomic E-state index is 6.39. The molecule has 0 radical (unpaired) electrons. The highest BCUT2D eigenvalue weighted by molar-refractivity contribution is 6.44.